The smallest absolute Gasteiger partial charge is 0.241 e. The number of carbonyl (C=O) groups is 3. The number of amides is 3. The molecule has 2 aliphatic rings. The van der Waals surface area contributed by atoms with E-state index in [1.807, 2.05) is 6.92 Å². The molecule has 1 aliphatic heterocycles. The highest BCUT2D eigenvalue weighted by molar-refractivity contribution is 6.11. The van der Waals surface area contributed by atoms with Gasteiger partial charge in [-0.15, -0.1) is 0 Å². The van der Waals surface area contributed by atoms with Crippen molar-refractivity contribution in [1.29, 1.82) is 0 Å². The normalized spacial score (nSPS) is 21.7. The van der Waals surface area contributed by atoms with Crippen LogP contribution >= 0.6 is 0 Å². The number of halogens is 1. The molecule has 0 unspecified atom stereocenters. The molecule has 1 atom stereocenters. The summed E-state index contributed by atoms with van der Waals surface area (Å²) in [6, 6.07) is 5.74. The molecule has 7 heteroatoms. The zero-order valence-corrected chi connectivity index (χ0v) is 19.6. The molecule has 0 N–H and O–H groups in total. The van der Waals surface area contributed by atoms with Crippen LogP contribution < -0.4 is 0 Å². The maximum Gasteiger partial charge on any atom is 0.241 e. The monoisotopic (exact) mass is 445 g/mol. The Hall–Kier alpha value is -2.28. The highest BCUT2D eigenvalue weighted by Gasteiger charge is 2.56. The summed E-state index contributed by atoms with van der Waals surface area (Å²) in [7, 11) is 0. The first-order chi connectivity index (χ1) is 15.4. The standard InChI is InChI=1S/C25H36FN3O3/c1-4-27(5-2)14-15-28(6-3)22(30)17-25(19-10-9-11-20(26)16-19)18-23(31)29(24(25)32)21-12-7-8-13-21/h9-11,16,21H,4-8,12-15,17-18H2,1-3H3/t25-/m0/s1. The van der Waals surface area contributed by atoms with Crippen LogP contribution in [-0.4, -0.2) is 71.2 Å². The van der Waals surface area contributed by atoms with Crippen molar-refractivity contribution in [3.05, 3.63) is 35.6 Å². The van der Waals surface area contributed by atoms with Crippen molar-refractivity contribution >= 4 is 17.7 Å². The van der Waals surface area contributed by atoms with Crippen LogP contribution in [0.25, 0.3) is 0 Å². The lowest BCUT2D eigenvalue weighted by atomic mass is 9.75. The summed E-state index contributed by atoms with van der Waals surface area (Å²) >= 11 is 0. The predicted molar refractivity (Wildman–Crippen MR) is 121 cm³/mol. The lowest BCUT2D eigenvalue weighted by Crippen LogP contribution is -2.46. The fourth-order valence-corrected chi connectivity index (χ4v) is 5.18. The van der Waals surface area contributed by atoms with E-state index in [1.165, 1.54) is 17.0 Å². The van der Waals surface area contributed by atoms with Crippen LogP contribution in [0.2, 0.25) is 0 Å². The number of benzene rings is 1. The Kier molecular flexibility index (Phi) is 8.04. The molecule has 1 saturated carbocycles. The molecule has 1 aromatic rings. The first kappa shape index (κ1) is 24.4. The molecule has 0 aromatic heterocycles. The summed E-state index contributed by atoms with van der Waals surface area (Å²) in [6.45, 7) is 9.72. The molecule has 32 heavy (non-hydrogen) atoms. The van der Waals surface area contributed by atoms with Gasteiger partial charge in [-0.25, -0.2) is 4.39 Å². The number of likely N-dealkylation sites (N-methyl/N-ethyl adjacent to an activating group) is 2. The zero-order chi connectivity index (χ0) is 23.3. The van der Waals surface area contributed by atoms with Gasteiger partial charge in [0.25, 0.3) is 0 Å². The maximum atomic E-state index is 14.2. The molecule has 176 valence electrons. The maximum absolute atomic E-state index is 14.2. The van der Waals surface area contributed by atoms with Crippen molar-refractivity contribution in [3.8, 4) is 0 Å². The van der Waals surface area contributed by atoms with Crippen molar-refractivity contribution < 1.29 is 18.8 Å². The van der Waals surface area contributed by atoms with E-state index >= 15 is 0 Å². The largest absolute Gasteiger partial charge is 0.342 e. The van der Waals surface area contributed by atoms with Crippen LogP contribution in [0.1, 0.15) is 64.9 Å². The van der Waals surface area contributed by atoms with E-state index in [9.17, 15) is 18.8 Å². The summed E-state index contributed by atoms with van der Waals surface area (Å²) < 4.78 is 14.2. The third-order valence-corrected chi connectivity index (χ3v) is 7.18. The van der Waals surface area contributed by atoms with Crippen molar-refractivity contribution in [2.75, 3.05) is 32.7 Å². The molecule has 3 amide bonds. The average molecular weight is 446 g/mol. The second-order valence-corrected chi connectivity index (χ2v) is 8.95. The first-order valence-corrected chi connectivity index (χ1v) is 12.0. The van der Waals surface area contributed by atoms with Crippen molar-refractivity contribution in [3.63, 3.8) is 0 Å². The minimum Gasteiger partial charge on any atom is -0.342 e. The number of hydrogen-bond donors (Lipinski definition) is 0. The van der Waals surface area contributed by atoms with Gasteiger partial charge in [0, 0.05) is 38.5 Å². The van der Waals surface area contributed by atoms with Gasteiger partial charge >= 0.3 is 0 Å². The molecular weight excluding hydrogens is 409 g/mol. The molecule has 1 aromatic carbocycles. The van der Waals surface area contributed by atoms with Gasteiger partial charge in [0.2, 0.25) is 17.7 Å². The van der Waals surface area contributed by atoms with Crippen LogP contribution in [0.4, 0.5) is 4.39 Å². The number of hydrogen-bond acceptors (Lipinski definition) is 4. The second kappa shape index (κ2) is 10.6. The third kappa shape index (κ3) is 4.87. The Morgan fingerprint density at radius 3 is 2.38 bits per heavy atom. The van der Waals surface area contributed by atoms with Gasteiger partial charge in [-0.1, -0.05) is 38.8 Å². The van der Waals surface area contributed by atoms with Gasteiger partial charge in [-0.2, -0.15) is 0 Å². The molecule has 6 nitrogen and oxygen atoms in total. The van der Waals surface area contributed by atoms with Crippen molar-refractivity contribution in [1.82, 2.24) is 14.7 Å². The summed E-state index contributed by atoms with van der Waals surface area (Å²) in [5.41, 5.74) is -0.911. The van der Waals surface area contributed by atoms with E-state index in [0.717, 1.165) is 45.3 Å². The van der Waals surface area contributed by atoms with Crippen LogP contribution in [0.15, 0.2) is 24.3 Å². The fourth-order valence-electron chi connectivity index (χ4n) is 5.18. The van der Waals surface area contributed by atoms with Crippen molar-refractivity contribution in [2.24, 2.45) is 0 Å². The van der Waals surface area contributed by atoms with Gasteiger partial charge < -0.3 is 9.80 Å². The van der Waals surface area contributed by atoms with Gasteiger partial charge in [0.05, 0.1) is 5.41 Å². The molecule has 1 heterocycles. The Bertz CT molecular complexity index is 835. The molecule has 1 aliphatic carbocycles. The van der Waals surface area contributed by atoms with E-state index in [0.29, 0.717) is 18.7 Å². The number of nitrogens with zero attached hydrogens (tertiary/aromatic N) is 3. The number of likely N-dealkylation sites (tertiary alicyclic amines) is 1. The summed E-state index contributed by atoms with van der Waals surface area (Å²) in [4.78, 5) is 45.6. The van der Waals surface area contributed by atoms with E-state index < -0.39 is 11.2 Å². The third-order valence-electron chi connectivity index (χ3n) is 7.18. The highest BCUT2D eigenvalue weighted by atomic mass is 19.1. The average Bonchev–Trinajstić information content (AvgIpc) is 3.38. The van der Waals surface area contributed by atoms with Gasteiger partial charge in [-0.3, -0.25) is 19.3 Å². The Balaban J connectivity index is 1.89. The lowest BCUT2D eigenvalue weighted by molar-refractivity contribution is -0.144. The van der Waals surface area contributed by atoms with Crippen LogP contribution in [0, 0.1) is 5.82 Å². The minimum absolute atomic E-state index is 0.0782. The van der Waals surface area contributed by atoms with E-state index in [4.69, 9.17) is 0 Å². The SMILES string of the molecule is CCN(CC)CCN(CC)C(=O)C[C@@]1(c2cccc(F)c2)CC(=O)N(C2CCCC2)C1=O. The Labute approximate surface area is 190 Å². The summed E-state index contributed by atoms with van der Waals surface area (Å²) in [5, 5.41) is 0. The quantitative estimate of drug-likeness (QED) is 0.518. The topological polar surface area (TPSA) is 60.9 Å². The predicted octanol–water partition coefficient (Wildman–Crippen LogP) is 3.35. The van der Waals surface area contributed by atoms with Gasteiger partial charge in [0.1, 0.15) is 5.82 Å². The zero-order valence-electron chi connectivity index (χ0n) is 19.6. The fraction of sp³-hybridized carbons (Fsp3) is 0.640. The Morgan fingerprint density at radius 1 is 1.09 bits per heavy atom. The van der Waals surface area contributed by atoms with Crippen LogP contribution in [0.5, 0.6) is 0 Å². The van der Waals surface area contributed by atoms with E-state index in [1.54, 1.807) is 17.0 Å². The lowest BCUT2D eigenvalue weighted by Gasteiger charge is -2.32. The molecular formula is C25H36FN3O3. The number of carbonyl (C=O) groups excluding carboxylic acids is 3. The van der Waals surface area contributed by atoms with Crippen LogP contribution in [-0.2, 0) is 19.8 Å². The number of rotatable bonds is 10. The van der Waals surface area contributed by atoms with E-state index in [2.05, 4.69) is 18.7 Å². The van der Waals surface area contributed by atoms with Crippen LogP contribution in [0.3, 0.4) is 0 Å². The molecule has 0 bridgehead atoms. The molecule has 2 fully saturated rings. The van der Waals surface area contributed by atoms with E-state index in [-0.39, 0.29) is 36.6 Å². The Morgan fingerprint density at radius 2 is 1.78 bits per heavy atom. The molecule has 1 saturated heterocycles. The minimum atomic E-state index is -1.33. The highest BCUT2D eigenvalue weighted by Crippen LogP contribution is 2.43. The molecule has 3 rings (SSSR count). The van der Waals surface area contributed by atoms with Crippen molar-refractivity contribution in [2.45, 2.75) is 70.8 Å². The number of imide groups is 1. The summed E-state index contributed by atoms with van der Waals surface area (Å²) in [5.74, 6) is -1.22. The van der Waals surface area contributed by atoms with Gasteiger partial charge in [-0.05, 0) is 50.6 Å². The van der Waals surface area contributed by atoms with Gasteiger partial charge in [0.15, 0.2) is 0 Å². The molecule has 0 radical (unpaired) electrons. The summed E-state index contributed by atoms with van der Waals surface area (Å²) in [6.07, 6.45) is 3.39. The first-order valence-electron chi connectivity index (χ1n) is 12.0. The second-order valence-electron chi connectivity index (χ2n) is 8.95. The molecule has 0 spiro atoms.